The van der Waals surface area contributed by atoms with Gasteiger partial charge in [0.05, 0.1) is 0 Å². The van der Waals surface area contributed by atoms with Crippen LogP contribution in [-0.2, 0) is 11.3 Å². The molecular weight excluding hydrogens is 268 g/mol. The van der Waals surface area contributed by atoms with E-state index >= 15 is 0 Å². The standard InChI is InChI=1S/C16H22N2O3/c1-16(2,3)21-15(20)17-8-11-7-12(10-17)13-5-4-6-14(19)18(13)9-11/h4-6,11-12H,7-10H2,1-3H3/t11-,12-/m1/s1. The molecular formula is C16H22N2O3. The number of amides is 1. The van der Waals surface area contributed by atoms with Crippen LogP contribution in [-0.4, -0.2) is 34.3 Å². The van der Waals surface area contributed by atoms with Crippen molar-refractivity contribution in [2.75, 3.05) is 13.1 Å². The third-order valence-electron chi connectivity index (χ3n) is 4.13. The van der Waals surface area contributed by atoms with Gasteiger partial charge in [-0.15, -0.1) is 0 Å². The Morgan fingerprint density at radius 2 is 2.00 bits per heavy atom. The van der Waals surface area contributed by atoms with Crippen molar-refractivity contribution < 1.29 is 9.53 Å². The van der Waals surface area contributed by atoms with E-state index in [9.17, 15) is 9.59 Å². The normalized spacial score (nSPS) is 24.4. The summed E-state index contributed by atoms with van der Waals surface area (Å²) in [6.45, 7) is 7.64. The van der Waals surface area contributed by atoms with Crippen LogP contribution in [0.3, 0.4) is 0 Å². The fraction of sp³-hybridized carbons (Fsp3) is 0.625. The summed E-state index contributed by atoms with van der Waals surface area (Å²) >= 11 is 0. The van der Waals surface area contributed by atoms with Crippen LogP contribution in [0.2, 0.25) is 0 Å². The highest BCUT2D eigenvalue weighted by Crippen LogP contribution is 2.35. The van der Waals surface area contributed by atoms with Crippen LogP contribution >= 0.6 is 0 Å². The van der Waals surface area contributed by atoms with Gasteiger partial charge in [0.15, 0.2) is 0 Å². The number of rotatable bonds is 0. The second kappa shape index (κ2) is 4.90. The fourth-order valence-corrected chi connectivity index (χ4v) is 3.37. The molecule has 1 saturated heterocycles. The lowest BCUT2D eigenvalue weighted by atomic mass is 9.83. The zero-order chi connectivity index (χ0) is 15.2. The number of hydrogen-bond acceptors (Lipinski definition) is 3. The van der Waals surface area contributed by atoms with Gasteiger partial charge in [-0.05, 0) is 39.2 Å². The summed E-state index contributed by atoms with van der Waals surface area (Å²) in [6, 6.07) is 5.41. The minimum absolute atomic E-state index is 0.0629. The maximum atomic E-state index is 12.3. The predicted octanol–water partition coefficient (Wildman–Crippen LogP) is 2.20. The van der Waals surface area contributed by atoms with Gasteiger partial charge in [-0.25, -0.2) is 4.79 Å². The van der Waals surface area contributed by atoms with Gasteiger partial charge in [-0.3, -0.25) is 4.79 Å². The second-order valence-electron chi connectivity index (χ2n) is 7.08. The number of pyridine rings is 1. The largest absolute Gasteiger partial charge is 0.444 e. The highest BCUT2D eigenvalue weighted by molar-refractivity contribution is 5.68. The Bertz CT molecular complexity index is 615. The number of ether oxygens (including phenoxy) is 1. The van der Waals surface area contributed by atoms with E-state index in [4.69, 9.17) is 4.74 Å². The van der Waals surface area contributed by atoms with E-state index < -0.39 is 5.60 Å². The first kappa shape index (κ1) is 14.2. The number of nitrogens with zero attached hydrogens (tertiary/aromatic N) is 2. The molecule has 5 nitrogen and oxygen atoms in total. The maximum absolute atomic E-state index is 12.3. The van der Waals surface area contributed by atoms with Crippen molar-refractivity contribution in [3.63, 3.8) is 0 Å². The zero-order valence-electron chi connectivity index (χ0n) is 12.8. The van der Waals surface area contributed by atoms with Gasteiger partial charge in [0.25, 0.3) is 5.56 Å². The predicted molar refractivity (Wildman–Crippen MR) is 79.4 cm³/mol. The third-order valence-corrected chi connectivity index (χ3v) is 4.13. The van der Waals surface area contributed by atoms with Gasteiger partial charge < -0.3 is 14.2 Å². The molecule has 2 aliphatic rings. The molecule has 3 rings (SSSR count). The molecule has 2 atom stereocenters. The zero-order valence-corrected chi connectivity index (χ0v) is 12.8. The summed E-state index contributed by atoms with van der Waals surface area (Å²) < 4.78 is 7.34. The minimum atomic E-state index is -0.474. The molecule has 1 amide bonds. The van der Waals surface area contributed by atoms with E-state index in [0.717, 1.165) is 12.1 Å². The summed E-state index contributed by atoms with van der Waals surface area (Å²) in [5, 5.41) is 0. The Morgan fingerprint density at radius 3 is 2.71 bits per heavy atom. The van der Waals surface area contributed by atoms with Gasteiger partial charge in [0.2, 0.25) is 0 Å². The van der Waals surface area contributed by atoms with Crippen LogP contribution < -0.4 is 5.56 Å². The molecule has 21 heavy (non-hydrogen) atoms. The van der Waals surface area contributed by atoms with Gasteiger partial charge in [-0.2, -0.15) is 0 Å². The first-order valence-electron chi connectivity index (χ1n) is 7.51. The van der Waals surface area contributed by atoms with E-state index in [1.807, 2.05) is 31.4 Å². The number of fused-ring (bicyclic) bond motifs is 4. The highest BCUT2D eigenvalue weighted by Gasteiger charge is 2.37. The maximum Gasteiger partial charge on any atom is 0.410 e. The molecule has 0 N–H and O–H groups in total. The van der Waals surface area contributed by atoms with E-state index in [-0.39, 0.29) is 17.6 Å². The number of aromatic nitrogens is 1. The van der Waals surface area contributed by atoms with Crippen molar-refractivity contribution in [3.05, 3.63) is 34.2 Å². The summed E-state index contributed by atoms with van der Waals surface area (Å²) in [7, 11) is 0. The molecule has 1 fully saturated rings. The van der Waals surface area contributed by atoms with Gasteiger partial charge in [-0.1, -0.05) is 6.07 Å². The molecule has 1 aromatic rings. The lowest BCUT2D eigenvalue weighted by molar-refractivity contribution is 0.0102. The Morgan fingerprint density at radius 1 is 1.24 bits per heavy atom. The van der Waals surface area contributed by atoms with Crippen LogP contribution in [0.25, 0.3) is 0 Å². The van der Waals surface area contributed by atoms with E-state index in [0.29, 0.717) is 25.6 Å². The average Bonchev–Trinajstić information content (AvgIpc) is 2.38. The van der Waals surface area contributed by atoms with Gasteiger partial charge in [0.1, 0.15) is 5.60 Å². The van der Waals surface area contributed by atoms with E-state index in [1.54, 1.807) is 17.0 Å². The molecule has 1 aromatic heterocycles. The van der Waals surface area contributed by atoms with Crippen LogP contribution in [0.15, 0.2) is 23.0 Å². The topological polar surface area (TPSA) is 51.5 Å². The van der Waals surface area contributed by atoms with Crippen LogP contribution in [0.4, 0.5) is 4.79 Å². The molecule has 0 unspecified atom stereocenters. The highest BCUT2D eigenvalue weighted by atomic mass is 16.6. The molecule has 0 spiro atoms. The number of hydrogen-bond donors (Lipinski definition) is 0. The second-order valence-corrected chi connectivity index (χ2v) is 7.08. The van der Waals surface area contributed by atoms with E-state index in [2.05, 4.69) is 0 Å². The summed E-state index contributed by atoms with van der Waals surface area (Å²) in [4.78, 5) is 26.0. The summed E-state index contributed by atoms with van der Waals surface area (Å²) in [5.41, 5.74) is 0.637. The summed E-state index contributed by atoms with van der Waals surface area (Å²) in [6.07, 6.45) is 0.798. The lowest BCUT2D eigenvalue weighted by Gasteiger charge is -2.42. The first-order valence-corrected chi connectivity index (χ1v) is 7.51. The van der Waals surface area contributed by atoms with E-state index in [1.165, 1.54) is 0 Å². The van der Waals surface area contributed by atoms with Gasteiger partial charge >= 0.3 is 6.09 Å². The minimum Gasteiger partial charge on any atom is -0.444 e. The fourth-order valence-electron chi connectivity index (χ4n) is 3.37. The van der Waals surface area contributed by atoms with Crippen LogP contribution in [0.5, 0.6) is 0 Å². The van der Waals surface area contributed by atoms with Crippen molar-refractivity contribution in [1.29, 1.82) is 0 Å². The third kappa shape index (κ3) is 2.82. The molecule has 114 valence electrons. The Labute approximate surface area is 124 Å². The lowest BCUT2D eigenvalue weighted by Crippen LogP contribution is -2.50. The van der Waals surface area contributed by atoms with Crippen molar-refractivity contribution in [3.8, 4) is 0 Å². The van der Waals surface area contributed by atoms with Crippen LogP contribution in [0.1, 0.15) is 38.8 Å². The molecule has 2 aliphatic heterocycles. The molecule has 0 saturated carbocycles. The molecule has 2 bridgehead atoms. The Kier molecular flexibility index (Phi) is 3.30. The van der Waals surface area contributed by atoms with Crippen molar-refractivity contribution in [2.45, 2.75) is 45.3 Å². The summed E-state index contributed by atoms with van der Waals surface area (Å²) in [5.74, 6) is 0.572. The number of carbonyl (C=O) groups is 1. The quantitative estimate of drug-likeness (QED) is 0.736. The number of likely N-dealkylation sites (tertiary alicyclic amines) is 1. The number of carbonyl (C=O) groups excluding carboxylic acids is 1. The Balaban J connectivity index is 1.82. The number of piperidine rings is 1. The van der Waals surface area contributed by atoms with Gasteiger partial charge in [0, 0.05) is 37.3 Å². The van der Waals surface area contributed by atoms with Crippen molar-refractivity contribution >= 4 is 6.09 Å². The Hall–Kier alpha value is -1.78. The molecule has 5 heteroatoms. The molecule has 0 aromatic carbocycles. The molecule has 0 aliphatic carbocycles. The van der Waals surface area contributed by atoms with Crippen LogP contribution in [0, 0.1) is 5.92 Å². The monoisotopic (exact) mass is 290 g/mol. The first-order chi connectivity index (χ1) is 9.83. The molecule has 0 radical (unpaired) electrons. The van der Waals surface area contributed by atoms with Crippen molar-refractivity contribution in [2.24, 2.45) is 5.92 Å². The SMILES string of the molecule is CC(C)(C)OC(=O)N1C[C@H]2C[C@H](C1)c1cccc(=O)n1C2. The smallest absolute Gasteiger partial charge is 0.410 e. The molecule has 3 heterocycles. The van der Waals surface area contributed by atoms with Crippen molar-refractivity contribution in [1.82, 2.24) is 9.47 Å². The average molecular weight is 290 g/mol.